The van der Waals surface area contributed by atoms with Crippen LogP contribution in [0.25, 0.3) is 0 Å². The average Bonchev–Trinajstić information content (AvgIpc) is 2.88. The summed E-state index contributed by atoms with van der Waals surface area (Å²) in [4.78, 5) is 25.4. The number of carbonyl (C=O) groups is 2. The molecule has 116 valence electrons. The summed E-state index contributed by atoms with van der Waals surface area (Å²) in [6, 6.07) is -0.719. The predicted octanol–water partition coefficient (Wildman–Crippen LogP) is 2.85. The minimum Gasteiger partial charge on any atom is -0.480 e. The molecule has 5 heteroatoms. The van der Waals surface area contributed by atoms with Crippen LogP contribution in [0.15, 0.2) is 0 Å². The Bertz CT molecular complexity index is 325. The van der Waals surface area contributed by atoms with E-state index < -0.39 is 12.0 Å². The van der Waals surface area contributed by atoms with Crippen LogP contribution < -0.4 is 5.32 Å². The second kappa shape index (κ2) is 8.12. The second-order valence-electron chi connectivity index (χ2n) is 6.11. The van der Waals surface area contributed by atoms with E-state index in [0.29, 0.717) is 18.9 Å². The van der Waals surface area contributed by atoms with E-state index in [-0.39, 0.29) is 12.1 Å². The van der Waals surface area contributed by atoms with Crippen molar-refractivity contribution in [3.63, 3.8) is 0 Å². The van der Waals surface area contributed by atoms with Crippen molar-refractivity contribution in [1.82, 2.24) is 10.2 Å². The standard InChI is InChI=1S/C15H28N2O3/c1-4-7-13(14(18)19)16-15(20)17(10-11(2)3)12-8-5-6-9-12/h11-13H,4-10H2,1-3H3,(H,16,20)(H,18,19)/t13-/m0/s1. The van der Waals surface area contributed by atoms with Gasteiger partial charge in [-0.15, -0.1) is 0 Å². The van der Waals surface area contributed by atoms with Gasteiger partial charge in [0, 0.05) is 12.6 Å². The van der Waals surface area contributed by atoms with Crippen LogP contribution in [0.2, 0.25) is 0 Å². The van der Waals surface area contributed by atoms with Crippen LogP contribution in [-0.4, -0.2) is 40.6 Å². The predicted molar refractivity (Wildman–Crippen MR) is 78.7 cm³/mol. The normalized spacial score (nSPS) is 17.2. The van der Waals surface area contributed by atoms with Gasteiger partial charge in [-0.3, -0.25) is 0 Å². The van der Waals surface area contributed by atoms with Crippen molar-refractivity contribution >= 4 is 12.0 Å². The molecule has 1 aliphatic rings. The summed E-state index contributed by atoms with van der Waals surface area (Å²) in [5, 5.41) is 11.8. The fourth-order valence-corrected chi connectivity index (χ4v) is 2.79. The lowest BCUT2D eigenvalue weighted by Crippen LogP contribution is -2.51. The van der Waals surface area contributed by atoms with E-state index in [1.54, 1.807) is 0 Å². The first kappa shape index (κ1) is 16.8. The summed E-state index contributed by atoms with van der Waals surface area (Å²) in [5.41, 5.74) is 0. The summed E-state index contributed by atoms with van der Waals surface area (Å²) >= 11 is 0. The lowest BCUT2D eigenvalue weighted by atomic mass is 10.1. The highest BCUT2D eigenvalue weighted by atomic mass is 16.4. The Hall–Kier alpha value is -1.26. The molecule has 0 aromatic rings. The average molecular weight is 284 g/mol. The summed E-state index contributed by atoms with van der Waals surface area (Å²) in [6.45, 7) is 6.77. The van der Waals surface area contributed by atoms with Crippen molar-refractivity contribution in [2.24, 2.45) is 5.92 Å². The number of carboxylic acids is 1. The van der Waals surface area contributed by atoms with E-state index in [9.17, 15) is 9.59 Å². The number of carbonyl (C=O) groups excluding carboxylic acids is 1. The number of urea groups is 1. The number of amides is 2. The van der Waals surface area contributed by atoms with Gasteiger partial charge in [-0.05, 0) is 25.2 Å². The van der Waals surface area contributed by atoms with Gasteiger partial charge in [0.1, 0.15) is 6.04 Å². The number of rotatable bonds is 7. The number of hydrogen-bond donors (Lipinski definition) is 2. The molecule has 0 aromatic carbocycles. The molecular formula is C15H28N2O3. The van der Waals surface area contributed by atoms with Crippen molar-refractivity contribution in [1.29, 1.82) is 0 Å². The topological polar surface area (TPSA) is 69.6 Å². The highest BCUT2D eigenvalue weighted by Gasteiger charge is 2.29. The quantitative estimate of drug-likeness (QED) is 0.755. The molecular weight excluding hydrogens is 256 g/mol. The molecule has 0 saturated heterocycles. The number of aliphatic carboxylic acids is 1. The molecule has 0 spiro atoms. The molecule has 5 nitrogen and oxygen atoms in total. The fraction of sp³-hybridized carbons (Fsp3) is 0.867. The highest BCUT2D eigenvalue weighted by Crippen LogP contribution is 2.24. The fourth-order valence-electron chi connectivity index (χ4n) is 2.79. The molecule has 20 heavy (non-hydrogen) atoms. The molecule has 1 atom stereocenters. The zero-order valence-electron chi connectivity index (χ0n) is 12.9. The van der Waals surface area contributed by atoms with Crippen molar-refractivity contribution in [3.05, 3.63) is 0 Å². The third-order valence-corrected chi connectivity index (χ3v) is 3.76. The van der Waals surface area contributed by atoms with Crippen LogP contribution in [0, 0.1) is 5.92 Å². The van der Waals surface area contributed by atoms with Gasteiger partial charge in [-0.2, -0.15) is 0 Å². The lowest BCUT2D eigenvalue weighted by Gasteiger charge is -2.31. The first-order valence-electron chi connectivity index (χ1n) is 7.75. The van der Waals surface area contributed by atoms with Gasteiger partial charge in [0.25, 0.3) is 0 Å². The van der Waals surface area contributed by atoms with Crippen LogP contribution in [0.4, 0.5) is 4.79 Å². The van der Waals surface area contributed by atoms with Crippen LogP contribution in [-0.2, 0) is 4.79 Å². The van der Waals surface area contributed by atoms with Crippen LogP contribution in [0.1, 0.15) is 59.3 Å². The van der Waals surface area contributed by atoms with Gasteiger partial charge >= 0.3 is 12.0 Å². The molecule has 1 saturated carbocycles. The maximum Gasteiger partial charge on any atom is 0.326 e. The van der Waals surface area contributed by atoms with Crippen molar-refractivity contribution in [3.8, 4) is 0 Å². The molecule has 0 radical (unpaired) electrons. The molecule has 0 bridgehead atoms. The van der Waals surface area contributed by atoms with E-state index in [1.165, 1.54) is 0 Å². The van der Waals surface area contributed by atoms with Gasteiger partial charge in [0.15, 0.2) is 0 Å². The first-order valence-corrected chi connectivity index (χ1v) is 7.75. The summed E-state index contributed by atoms with van der Waals surface area (Å²) < 4.78 is 0. The van der Waals surface area contributed by atoms with Crippen molar-refractivity contribution in [2.45, 2.75) is 71.4 Å². The Morgan fingerprint density at radius 1 is 1.30 bits per heavy atom. The van der Waals surface area contributed by atoms with E-state index in [0.717, 1.165) is 32.1 Å². The molecule has 0 heterocycles. The summed E-state index contributed by atoms with van der Waals surface area (Å²) in [7, 11) is 0. The minimum absolute atomic E-state index is 0.216. The monoisotopic (exact) mass is 284 g/mol. The van der Waals surface area contributed by atoms with Crippen LogP contribution in [0.5, 0.6) is 0 Å². The van der Waals surface area contributed by atoms with Crippen LogP contribution in [0.3, 0.4) is 0 Å². The van der Waals surface area contributed by atoms with Gasteiger partial charge in [-0.1, -0.05) is 40.0 Å². The number of carboxylic acid groups (broad SMARTS) is 1. The summed E-state index contributed by atoms with van der Waals surface area (Å²) in [6.07, 6.45) is 5.59. The number of hydrogen-bond acceptors (Lipinski definition) is 2. The van der Waals surface area contributed by atoms with Gasteiger partial charge < -0.3 is 15.3 Å². The maximum atomic E-state index is 12.4. The lowest BCUT2D eigenvalue weighted by molar-refractivity contribution is -0.139. The highest BCUT2D eigenvalue weighted by molar-refractivity contribution is 5.82. The molecule has 0 unspecified atom stereocenters. The third-order valence-electron chi connectivity index (χ3n) is 3.76. The van der Waals surface area contributed by atoms with Gasteiger partial charge in [-0.25, -0.2) is 9.59 Å². The zero-order valence-corrected chi connectivity index (χ0v) is 12.9. The molecule has 0 aromatic heterocycles. The van der Waals surface area contributed by atoms with Crippen molar-refractivity contribution < 1.29 is 14.7 Å². The zero-order chi connectivity index (χ0) is 15.1. The third kappa shape index (κ3) is 5.02. The summed E-state index contributed by atoms with van der Waals surface area (Å²) in [5.74, 6) is -0.563. The molecule has 1 aliphatic carbocycles. The Labute approximate surface area is 121 Å². The van der Waals surface area contributed by atoms with E-state index in [1.807, 2.05) is 11.8 Å². The Kier molecular flexibility index (Phi) is 6.82. The smallest absolute Gasteiger partial charge is 0.326 e. The van der Waals surface area contributed by atoms with Crippen molar-refractivity contribution in [2.75, 3.05) is 6.54 Å². The van der Waals surface area contributed by atoms with Gasteiger partial charge in [0.05, 0.1) is 0 Å². The molecule has 2 N–H and O–H groups in total. The molecule has 0 aliphatic heterocycles. The number of nitrogens with one attached hydrogen (secondary N) is 1. The van der Waals surface area contributed by atoms with E-state index in [4.69, 9.17) is 5.11 Å². The molecule has 1 fully saturated rings. The Morgan fingerprint density at radius 3 is 2.35 bits per heavy atom. The van der Waals surface area contributed by atoms with E-state index >= 15 is 0 Å². The maximum absolute atomic E-state index is 12.4. The second-order valence-corrected chi connectivity index (χ2v) is 6.11. The largest absolute Gasteiger partial charge is 0.480 e. The first-order chi connectivity index (χ1) is 9.45. The SMILES string of the molecule is CCC[C@H](NC(=O)N(CC(C)C)C1CCCC1)C(=O)O. The van der Waals surface area contributed by atoms with E-state index in [2.05, 4.69) is 19.2 Å². The molecule has 1 rings (SSSR count). The number of nitrogens with zero attached hydrogens (tertiary/aromatic N) is 1. The minimum atomic E-state index is -0.948. The van der Waals surface area contributed by atoms with Gasteiger partial charge in [0.2, 0.25) is 0 Å². The molecule has 2 amide bonds. The van der Waals surface area contributed by atoms with Crippen LogP contribution >= 0.6 is 0 Å². The Balaban J connectivity index is 2.68. The Morgan fingerprint density at radius 2 is 1.90 bits per heavy atom.